The maximum Gasteiger partial charge on any atom is 0.0925 e. The first kappa shape index (κ1) is 6.79. The summed E-state index contributed by atoms with van der Waals surface area (Å²) in [6.45, 7) is 0.777. The Bertz CT molecular complexity index is 297. The molecule has 0 N–H and O–H groups in total. The molecule has 1 aromatic rings. The number of fused-ring (bicyclic) bond motifs is 1. The Hall–Kier alpha value is -0.900. The number of benzene rings is 1. The van der Waals surface area contributed by atoms with Gasteiger partial charge in [-0.25, -0.2) is 4.03 Å². The van der Waals surface area contributed by atoms with E-state index in [-0.39, 0.29) is 0 Å². The van der Waals surface area contributed by atoms with Gasteiger partial charge in [0, 0.05) is 5.56 Å². The van der Waals surface area contributed by atoms with Crippen molar-refractivity contribution in [3.8, 4) is 0 Å². The van der Waals surface area contributed by atoms with Crippen LogP contribution in [0.15, 0.2) is 34.6 Å². The summed E-state index contributed by atoms with van der Waals surface area (Å²) < 4.78 is 1.63. The highest BCUT2D eigenvalue weighted by Crippen LogP contribution is 2.26. The van der Waals surface area contributed by atoms with Gasteiger partial charge in [-0.3, -0.25) is 0 Å². The van der Waals surface area contributed by atoms with Crippen LogP contribution in [-0.4, -0.2) is 4.03 Å². The summed E-state index contributed by atoms with van der Waals surface area (Å²) in [5, 5.41) is 7.82. The zero-order chi connectivity index (χ0) is 7.68. The second kappa shape index (κ2) is 2.62. The van der Waals surface area contributed by atoms with Crippen LogP contribution in [0.1, 0.15) is 5.56 Å². The number of hydrogen-bond acceptors (Lipinski definition) is 3. The monoisotopic (exact) mass is 211 g/mol. The van der Waals surface area contributed by atoms with Crippen LogP contribution in [0.4, 0.5) is 5.69 Å². The average Bonchev–Trinajstić information content (AvgIpc) is 2.04. The van der Waals surface area contributed by atoms with Crippen LogP contribution in [0, 0.1) is 0 Å². The average molecular weight is 212 g/mol. The largest absolute Gasteiger partial charge is 0.207 e. The SMILES string of the molecule is BrN1Cc2ccccc2N=N1. The van der Waals surface area contributed by atoms with Gasteiger partial charge in [0.2, 0.25) is 0 Å². The predicted molar refractivity (Wildman–Crippen MR) is 45.4 cm³/mol. The molecule has 0 fully saturated rings. The number of rotatable bonds is 0. The van der Waals surface area contributed by atoms with Gasteiger partial charge in [-0.1, -0.05) is 23.4 Å². The summed E-state index contributed by atoms with van der Waals surface area (Å²) in [4.78, 5) is 0. The first-order chi connectivity index (χ1) is 5.36. The Labute approximate surface area is 73.0 Å². The van der Waals surface area contributed by atoms with Crippen molar-refractivity contribution in [3.63, 3.8) is 0 Å². The van der Waals surface area contributed by atoms with Gasteiger partial charge in [0.25, 0.3) is 0 Å². The standard InChI is InChI=1S/C7H6BrN3/c8-11-5-6-3-1-2-4-7(6)9-10-11/h1-4H,5H2. The summed E-state index contributed by atoms with van der Waals surface area (Å²) in [5.41, 5.74) is 2.16. The lowest BCUT2D eigenvalue weighted by Crippen LogP contribution is -2.05. The molecule has 1 aliphatic heterocycles. The second-order valence-corrected chi connectivity index (χ2v) is 3.13. The predicted octanol–water partition coefficient (Wildman–Crippen LogP) is 2.81. The van der Waals surface area contributed by atoms with E-state index in [0.29, 0.717) is 0 Å². The minimum atomic E-state index is 0.777. The summed E-state index contributed by atoms with van der Waals surface area (Å²) in [7, 11) is 0. The summed E-state index contributed by atoms with van der Waals surface area (Å²) in [6, 6.07) is 7.96. The highest BCUT2D eigenvalue weighted by molar-refractivity contribution is 9.07. The first-order valence-electron chi connectivity index (χ1n) is 3.29. The third-order valence-electron chi connectivity index (χ3n) is 1.54. The van der Waals surface area contributed by atoms with E-state index in [2.05, 4.69) is 26.5 Å². The molecule has 0 amide bonds. The molecule has 0 aromatic heterocycles. The maximum absolute atomic E-state index is 3.98. The molecule has 1 aromatic carbocycles. The molecule has 56 valence electrons. The molecule has 2 rings (SSSR count). The highest BCUT2D eigenvalue weighted by atomic mass is 79.9. The molecule has 0 spiro atoms. The number of nitrogens with zero attached hydrogens (tertiary/aromatic N) is 3. The molecule has 0 aliphatic carbocycles. The number of hydrogen-bond donors (Lipinski definition) is 0. The second-order valence-electron chi connectivity index (χ2n) is 2.31. The molecule has 0 saturated heterocycles. The maximum atomic E-state index is 3.98. The molecule has 1 heterocycles. The third-order valence-corrected chi connectivity index (χ3v) is 1.93. The smallest absolute Gasteiger partial charge is 0.0925 e. The van der Waals surface area contributed by atoms with E-state index in [1.54, 1.807) is 4.03 Å². The minimum absolute atomic E-state index is 0.777. The fourth-order valence-corrected chi connectivity index (χ4v) is 1.35. The van der Waals surface area contributed by atoms with Gasteiger partial charge in [0.1, 0.15) is 0 Å². The van der Waals surface area contributed by atoms with E-state index in [9.17, 15) is 0 Å². The fourth-order valence-electron chi connectivity index (χ4n) is 1.01. The van der Waals surface area contributed by atoms with Crippen molar-refractivity contribution in [2.24, 2.45) is 10.3 Å². The van der Waals surface area contributed by atoms with E-state index >= 15 is 0 Å². The van der Waals surface area contributed by atoms with Crippen LogP contribution < -0.4 is 0 Å². The molecule has 0 bridgehead atoms. The van der Waals surface area contributed by atoms with E-state index < -0.39 is 0 Å². The Morgan fingerprint density at radius 1 is 1.36 bits per heavy atom. The lowest BCUT2D eigenvalue weighted by molar-refractivity contribution is 0.470. The van der Waals surface area contributed by atoms with Gasteiger partial charge in [-0.05, 0) is 6.07 Å². The zero-order valence-corrected chi connectivity index (χ0v) is 7.32. The van der Waals surface area contributed by atoms with E-state index in [0.717, 1.165) is 12.2 Å². The summed E-state index contributed by atoms with van der Waals surface area (Å²) in [5.74, 6) is 0. The van der Waals surface area contributed by atoms with Crippen molar-refractivity contribution in [2.75, 3.05) is 0 Å². The van der Waals surface area contributed by atoms with E-state index in [1.165, 1.54) is 5.56 Å². The van der Waals surface area contributed by atoms with E-state index in [4.69, 9.17) is 0 Å². The van der Waals surface area contributed by atoms with Crippen LogP contribution >= 0.6 is 16.1 Å². The topological polar surface area (TPSA) is 28.0 Å². The molecule has 11 heavy (non-hydrogen) atoms. The van der Waals surface area contributed by atoms with Crippen LogP contribution in [0.5, 0.6) is 0 Å². The lowest BCUT2D eigenvalue weighted by atomic mass is 10.2. The Morgan fingerprint density at radius 3 is 3.09 bits per heavy atom. The van der Waals surface area contributed by atoms with Crippen LogP contribution in [-0.2, 0) is 6.54 Å². The Kier molecular flexibility index (Phi) is 1.62. The Morgan fingerprint density at radius 2 is 2.18 bits per heavy atom. The van der Waals surface area contributed by atoms with Crippen molar-refractivity contribution >= 4 is 21.8 Å². The third kappa shape index (κ3) is 1.26. The van der Waals surface area contributed by atoms with Gasteiger partial charge >= 0.3 is 0 Å². The van der Waals surface area contributed by atoms with Crippen molar-refractivity contribution in [1.82, 2.24) is 4.03 Å². The van der Waals surface area contributed by atoms with Gasteiger partial charge in [0.15, 0.2) is 0 Å². The van der Waals surface area contributed by atoms with Crippen LogP contribution in [0.3, 0.4) is 0 Å². The quantitative estimate of drug-likeness (QED) is 0.607. The molecule has 0 unspecified atom stereocenters. The molecular weight excluding hydrogens is 206 g/mol. The molecule has 0 saturated carbocycles. The minimum Gasteiger partial charge on any atom is -0.207 e. The summed E-state index contributed by atoms with van der Waals surface area (Å²) in [6.07, 6.45) is 0. The lowest BCUT2D eigenvalue weighted by Gasteiger charge is -2.14. The highest BCUT2D eigenvalue weighted by Gasteiger charge is 2.08. The molecule has 4 heteroatoms. The van der Waals surface area contributed by atoms with Gasteiger partial charge < -0.3 is 0 Å². The fraction of sp³-hybridized carbons (Fsp3) is 0.143. The normalized spacial score (nSPS) is 14.8. The number of halogens is 1. The van der Waals surface area contributed by atoms with Gasteiger partial charge in [-0.15, -0.1) is 5.11 Å². The first-order valence-corrected chi connectivity index (χ1v) is 4.00. The molecular formula is C7H6BrN3. The van der Waals surface area contributed by atoms with E-state index in [1.807, 2.05) is 24.3 Å². The van der Waals surface area contributed by atoms with Crippen LogP contribution in [0.2, 0.25) is 0 Å². The van der Waals surface area contributed by atoms with Crippen molar-refractivity contribution in [1.29, 1.82) is 0 Å². The van der Waals surface area contributed by atoms with Crippen LogP contribution in [0.25, 0.3) is 0 Å². The van der Waals surface area contributed by atoms with Gasteiger partial charge in [0.05, 0.1) is 28.4 Å². The van der Waals surface area contributed by atoms with Crippen molar-refractivity contribution < 1.29 is 0 Å². The Balaban J connectivity index is 2.46. The molecule has 0 atom stereocenters. The molecule has 3 nitrogen and oxygen atoms in total. The summed E-state index contributed by atoms with van der Waals surface area (Å²) >= 11 is 3.23. The van der Waals surface area contributed by atoms with Gasteiger partial charge in [-0.2, -0.15) is 0 Å². The van der Waals surface area contributed by atoms with Crippen molar-refractivity contribution in [3.05, 3.63) is 29.8 Å². The zero-order valence-electron chi connectivity index (χ0n) is 5.74. The molecule has 0 radical (unpaired) electrons. The molecule has 1 aliphatic rings. The van der Waals surface area contributed by atoms with Crippen molar-refractivity contribution in [2.45, 2.75) is 6.54 Å².